The zero-order valence-electron chi connectivity index (χ0n) is 8.51. The monoisotopic (exact) mass is 194 g/mol. The van der Waals surface area contributed by atoms with Crippen LogP contribution in [0.5, 0.6) is 0 Å². The van der Waals surface area contributed by atoms with Crippen molar-refractivity contribution in [1.82, 2.24) is 10.6 Å². The number of hydrogen-bond acceptors (Lipinski definition) is 2. The van der Waals surface area contributed by atoms with Gasteiger partial charge in [0.05, 0.1) is 0 Å². The Morgan fingerprint density at radius 3 is 3.14 bits per heavy atom. The van der Waals surface area contributed by atoms with Crippen LogP contribution in [-0.4, -0.2) is 25.0 Å². The molecule has 1 amide bonds. The zero-order chi connectivity index (χ0) is 10.2. The van der Waals surface area contributed by atoms with Crippen molar-refractivity contribution in [2.45, 2.75) is 38.1 Å². The fourth-order valence-electron chi connectivity index (χ4n) is 1.66. The van der Waals surface area contributed by atoms with Crippen LogP contribution < -0.4 is 10.6 Å². The molecular weight excluding hydrogens is 176 g/mol. The van der Waals surface area contributed by atoms with Gasteiger partial charge < -0.3 is 10.6 Å². The largest absolute Gasteiger partial charge is 0.356 e. The van der Waals surface area contributed by atoms with Crippen molar-refractivity contribution in [3.8, 4) is 12.3 Å². The van der Waals surface area contributed by atoms with Crippen molar-refractivity contribution in [2.75, 3.05) is 13.1 Å². The maximum atomic E-state index is 11.1. The Kier molecular flexibility index (Phi) is 5.09. The lowest BCUT2D eigenvalue weighted by Gasteiger charge is -2.10. The van der Waals surface area contributed by atoms with E-state index in [9.17, 15) is 4.79 Å². The van der Waals surface area contributed by atoms with E-state index < -0.39 is 0 Å². The summed E-state index contributed by atoms with van der Waals surface area (Å²) in [6, 6.07) is 0.600. The Morgan fingerprint density at radius 1 is 1.64 bits per heavy atom. The number of rotatable bonds is 5. The molecule has 0 aromatic carbocycles. The summed E-state index contributed by atoms with van der Waals surface area (Å²) >= 11 is 0. The van der Waals surface area contributed by atoms with Gasteiger partial charge in [-0.3, -0.25) is 4.79 Å². The molecule has 3 nitrogen and oxygen atoms in total. The lowest BCUT2D eigenvalue weighted by molar-refractivity contribution is -0.120. The van der Waals surface area contributed by atoms with E-state index in [2.05, 4.69) is 16.6 Å². The predicted octanol–water partition coefficient (Wildman–Crippen LogP) is 0.658. The third kappa shape index (κ3) is 4.29. The smallest absolute Gasteiger partial charge is 0.220 e. The first-order valence-electron chi connectivity index (χ1n) is 5.26. The van der Waals surface area contributed by atoms with Crippen molar-refractivity contribution >= 4 is 5.91 Å². The first kappa shape index (κ1) is 11.1. The van der Waals surface area contributed by atoms with Crippen molar-refractivity contribution in [2.24, 2.45) is 0 Å². The van der Waals surface area contributed by atoms with Crippen molar-refractivity contribution in [3.05, 3.63) is 0 Å². The van der Waals surface area contributed by atoms with Crippen molar-refractivity contribution < 1.29 is 4.79 Å². The van der Waals surface area contributed by atoms with Gasteiger partial charge in [-0.15, -0.1) is 12.3 Å². The van der Waals surface area contributed by atoms with Gasteiger partial charge in [0.25, 0.3) is 0 Å². The number of hydrogen-bond donors (Lipinski definition) is 2. The van der Waals surface area contributed by atoms with Gasteiger partial charge in [0.2, 0.25) is 5.91 Å². The highest BCUT2D eigenvalue weighted by molar-refractivity contribution is 5.76. The summed E-state index contributed by atoms with van der Waals surface area (Å²) in [5.41, 5.74) is 0. The van der Waals surface area contributed by atoms with Crippen LogP contribution in [0.25, 0.3) is 0 Å². The molecule has 0 bridgehead atoms. The Morgan fingerprint density at radius 2 is 2.50 bits per heavy atom. The average molecular weight is 194 g/mol. The maximum Gasteiger partial charge on any atom is 0.220 e. The quantitative estimate of drug-likeness (QED) is 0.631. The van der Waals surface area contributed by atoms with Crippen LogP contribution in [0.3, 0.4) is 0 Å². The summed E-state index contributed by atoms with van der Waals surface area (Å²) in [5, 5.41) is 6.26. The molecule has 0 unspecified atom stereocenters. The van der Waals surface area contributed by atoms with E-state index >= 15 is 0 Å². The molecule has 1 fully saturated rings. The second-order valence-electron chi connectivity index (χ2n) is 3.64. The number of carbonyl (C=O) groups is 1. The Balaban J connectivity index is 1.97. The predicted molar refractivity (Wildman–Crippen MR) is 56.7 cm³/mol. The minimum atomic E-state index is 0.0703. The Bertz CT molecular complexity index is 214. The number of amides is 1. The van der Waals surface area contributed by atoms with E-state index in [4.69, 9.17) is 6.42 Å². The molecule has 1 aliphatic rings. The second-order valence-corrected chi connectivity index (χ2v) is 3.64. The topological polar surface area (TPSA) is 41.1 Å². The van der Waals surface area contributed by atoms with Crippen molar-refractivity contribution in [1.29, 1.82) is 0 Å². The summed E-state index contributed by atoms with van der Waals surface area (Å²) in [7, 11) is 0. The first-order valence-corrected chi connectivity index (χ1v) is 5.26. The first-order chi connectivity index (χ1) is 6.83. The summed E-state index contributed by atoms with van der Waals surface area (Å²) < 4.78 is 0. The molecular formula is C11H18N2O. The van der Waals surface area contributed by atoms with Gasteiger partial charge in [-0.2, -0.15) is 0 Å². The van der Waals surface area contributed by atoms with Gasteiger partial charge in [-0.25, -0.2) is 0 Å². The molecule has 0 radical (unpaired) electrons. The second kappa shape index (κ2) is 6.44. The number of terminal acetylenes is 1. The Labute approximate surface area is 85.6 Å². The van der Waals surface area contributed by atoms with Gasteiger partial charge in [0.1, 0.15) is 0 Å². The van der Waals surface area contributed by atoms with Gasteiger partial charge >= 0.3 is 0 Å². The summed E-state index contributed by atoms with van der Waals surface area (Å²) in [5.74, 6) is 2.53. The van der Waals surface area contributed by atoms with Gasteiger partial charge in [-0.1, -0.05) is 0 Å². The summed E-state index contributed by atoms with van der Waals surface area (Å²) in [4.78, 5) is 11.1. The molecule has 1 atom stereocenters. The average Bonchev–Trinajstić information content (AvgIpc) is 2.67. The molecule has 2 N–H and O–H groups in total. The third-order valence-corrected chi connectivity index (χ3v) is 2.47. The third-order valence-electron chi connectivity index (χ3n) is 2.47. The van der Waals surface area contributed by atoms with Crippen LogP contribution in [-0.2, 0) is 4.79 Å². The van der Waals surface area contributed by atoms with E-state index in [1.165, 1.54) is 12.8 Å². The van der Waals surface area contributed by atoms with E-state index in [-0.39, 0.29) is 5.91 Å². The zero-order valence-corrected chi connectivity index (χ0v) is 8.51. The van der Waals surface area contributed by atoms with Crippen molar-refractivity contribution in [3.63, 3.8) is 0 Å². The standard InChI is InChI=1S/C11H18N2O/c1-2-3-6-11(14)13-9-7-10-5-4-8-12-10/h1,10,12H,3-9H2,(H,13,14)/t10-/m1/s1. The van der Waals surface area contributed by atoms with Gasteiger partial charge in [-0.05, 0) is 25.8 Å². The fraction of sp³-hybridized carbons (Fsp3) is 0.727. The molecule has 1 saturated heterocycles. The van der Waals surface area contributed by atoms with Crippen LogP contribution in [0.4, 0.5) is 0 Å². The molecule has 3 heteroatoms. The van der Waals surface area contributed by atoms with Crippen LogP contribution in [0.2, 0.25) is 0 Å². The minimum absolute atomic E-state index is 0.0703. The van der Waals surface area contributed by atoms with Gasteiger partial charge in [0.15, 0.2) is 0 Å². The lowest BCUT2D eigenvalue weighted by Crippen LogP contribution is -2.30. The van der Waals surface area contributed by atoms with Crippen LogP contribution in [0.15, 0.2) is 0 Å². The van der Waals surface area contributed by atoms with Crippen LogP contribution in [0, 0.1) is 12.3 Å². The van der Waals surface area contributed by atoms with E-state index in [1.54, 1.807) is 0 Å². The maximum absolute atomic E-state index is 11.1. The number of carbonyl (C=O) groups excluding carboxylic acids is 1. The normalized spacial score (nSPS) is 20.4. The number of nitrogens with one attached hydrogen (secondary N) is 2. The highest BCUT2D eigenvalue weighted by atomic mass is 16.1. The molecule has 14 heavy (non-hydrogen) atoms. The molecule has 0 saturated carbocycles. The van der Waals surface area contributed by atoms with E-state index in [1.807, 2.05) is 0 Å². The lowest BCUT2D eigenvalue weighted by atomic mass is 10.1. The summed E-state index contributed by atoms with van der Waals surface area (Å²) in [6.45, 7) is 1.89. The van der Waals surface area contributed by atoms with Crippen LogP contribution >= 0.6 is 0 Å². The molecule has 0 aromatic rings. The fourth-order valence-corrected chi connectivity index (χ4v) is 1.66. The van der Waals surface area contributed by atoms with E-state index in [0.29, 0.717) is 18.9 Å². The molecule has 1 rings (SSSR count). The van der Waals surface area contributed by atoms with E-state index in [0.717, 1.165) is 19.5 Å². The Hall–Kier alpha value is -1.01. The minimum Gasteiger partial charge on any atom is -0.356 e. The molecule has 1 heterocycles. The highest BCUT2D eigenvalue weighted by Crippen LogP contribution is 2.07. The molecule has 78 valence electrons. The van der Waals surface area contributed by atoms with Crippen LogP contribution in [0.1, 0.15) is 32.1 Å². The molecule has 1 aliphatic heterocycles. The summed E-state index contributed by atoms with van der Waals surface area (Å²) in [6.07, 6.45) is 9.58. The molecule has 0 aliphatic carbocycles. The highest BCUT2D eigenvalue weighted by Gasteiger charge is 2.13. The molecule has 0 spiro atoms. The molecule has 0 aromatic heterocycles. The van der Waals surface area contributed by atoms with Gasteiger partial charge in [0, 0.05) is 25.4 Å². The SMILES string of the molecule is C#CCCC(=O)NCC[C@H]1CCCN1.